The van der Waals surface area contributed by atoms with E-state index in [4.69, 9.17) is 0 Å². The third kappa shape index (κ3) is 5.18. The Morgan fingerprint density at radius 2 is 1.84 bits per heavy atom. The van der Waals surface area contributed by atoms with E-state index in [1.807, 2.05) is 47.4 Å². The van der Waals surface area contributed by atoms with E-state index in [1.165, 1.54) is 0 Å². The Morgan fingerprint density at radius 3 is 2.72 bits per heavy atom. The van der Waals surface area contributed by atoms with Gasteiger partial charge in [-0.1, -0.05) is 42.5 Å². The summed E-state index contributed by atoms with van der Waals surface area (Å²) in [5.41, 5.74) is 0.983. The van der Waals surface area contributed by atoms with Crippen LogP contribution < -0.4 is 10.6 Å². The number of rotatable bonds is 4. The standard InChI is InChI=1S/C19H23N3O2.ClH/c23-18(21-14-19(24)22-11-4-9-20-10-12-22)13-16-7-3-6-15-5-1-2-8-17(15)16;/h1-3,5-8,20H,4,9-14H2,(H,21,23);1H. The van der Waals surface area contributed by atoms with E-state index in [9.17, 15) is 9.59 Å². The molecule has 25 heavy (non-hydrogen) atoms. The molecular formula is C19H24ClN3O2. The number of carbonyl (C=O) groups is 2. The van der Waals surface area contributed by atoms with Crippen LogP contribution in [0.4, 0.5) is 0 Å². The zero-order chi connectivity index (χ0) is 16.8. The number of carbonyl (C=O) groups excluding carboxylic acids is 2. The van der Waals surface area contributed by atoms with Crippen molar-refractivity contribution in [1.82, 2.24) is 15.5 Å². The minimum atomic E-state index is -0.118. The lowest BCUT2D eigenvalue weighted by Gasteiger charge is -2.20. The highest BCUT2D eigenvalue weighted by atomic mass is 35.5. The van der Waals surface area contributed by atoms with Gasteiger partial charge in [0.2, 0.25) is 11.8 Å². The Labute approximate surface area is 154 Å². The first kappa shape index (κ1) is 19.2. The number of nitrogens with one attached hydrogen (secondary N) is 2. The third-order valence-electron chi connectivity index (χ3n) is 4.36. The van der Waals surface area contributed by atoms with Crippen molar-refractivity contribution in [3.8, 4) is 0 Å². The first-order valence-electron chi connectivity index (χ1n) is 8.46. The lowest BCUT2D eigenvalue weighted by atomic mass is 10.0. The molecule has 0 bridgehead atoms. The number of hydrogen-bond acceptors (Lipinski definition) is 3. The van der Waals surface area contributed by atoms with Crippen LogP contribution in [0.25, 0.3) is 10.8 Å². The molecule has 0 aromatic heterocycles. The zero-order valence-electron chi connectivity index (χ0n) is 14.2. The van der Waals surface area contributed by atoms with Gasteiger partial charge in [0.05, 0.1) is 13.0 Å². The molecule has 1 saturated heterocycles. The van der Waals surface area contributed by atoms with Gasteiger partial charge >= 0.3 is 0 Å². The predicted octanol–water partition coefficient (Wildman–Crippen LogP) is 1.74. The highest BCUT2D eigenvalue weighted by Gasteiger charge is 2.16. The molecule has 2 N–H and O–H groups in total. The normalized spacial score (nSPS) is 14.5. The van der Waals surface area contributed by atoms with Crippen LogP contribution in [0, 0.1) is 0 Å². The minimum absolute atomic E-state index is 0. The van der Waals surface area contributed by atoms with E-state index < -0.39 is 0 Å². The molecule has 0 spiro atoms. The van der Waals surface area contributed by atoms with Crippen LogP contribution in [-0.4, -0.2) is 49.4 Å². The van der Waals surface area contributed by atoms with Gasteiger partial charge in [-0.2, -0.15) is 0 Å². The summed E-state index contributed by atoms with van der Waals surface area (Å²) < 4.78 is 0. The van der Waals surface area contributed by atoms with Gasteiger partial charge in [-0.05, 0) is 29.3 Å². The Morgan fingerprint density at radius 1 is 1.04 bits per heavy atom. The Hall–Kier alpha value is -2.11. The molecule has 3 rings (SSSR count). The van der Waals surface area contributed by atoms with Crippen molar-refractivity contribution in [3.63, 3.8) is 0 Å². The summed E-state index contributed by atoms with van der Waals surface area (Å²) in [5, 5.41) is 8.23. The fraction of sp³-hybridized carbons (Fsp3) is 0.368. The van der Waals surface area contributed by atoms with Gasteiger partial charge < -0.3 is 15.5 Å². The van der Waals surface area contributed by atoms with Crippen LogP contribution in [-0.2, 0) is 16.0 Å². The van der Waals surface area contributed by atoms with Crippen LogP contribution in [0.2, 0.25) is 0 Å². The SMILES string of the molecule is Cl.O=C(Cc1cccc2ccccc12)NCC(=O)N1CCCNCC1. The van der Waals surface area contributed by atoms with Gasteiger partial charge in [0.15, 0.2) is 0 Å². The zero-order valence-corrected chi connectivity index (χ0v) is 15.0. The minimum Gasteiger partial charge on any atom is -0.347 e. The molecule has 0 radical (unpaired) electrons. The molecule has 6 heteroatoms. The second kappa shape index (κ2) is 9.39. The van der Waals surface area contributed by atoms with Crippen molar-refractivity contribution >= 4 is 35.0 Å². The van der Waals surface area contributed by atoms with Crippen molar-refractivity contribution in [2.24, 2.45) is 0 Å². The van der Waals surface area contributed by atoms with Gasteiger partial charge in [-0.25, -0.2) is 0 Å². The van der Waals surface area contributed by atoms with Crippen LogP contribution in [0.15, 0.2) is 42.5 Å². The highest BCUT2D eigenvalue weighted by molar-refractivity contribution is 5.91. The van der Waals surface area contributed by atoms with E-state index in [0.29, 0.717) is 6.54 Å². The topological polar surface area (TPSA) is 61.4 Å². The van der Waals surface area contributed by atoms with E-state index in [1.54, 1.807) is 0 Å². The number of halogens is 1. The largest absolute Gasteiger partial charge is 0.347 e. The van der Waals surface area contributed by atoms with E-state index in [0.717, 1.165) is 42.4 Å². The smallest absolute Gasteiger partial charge is 0.242 e. The molecule has 1 aliphatic heterocycles. The number of amides is 2. The number of nitrogens with zero attached hydrogens (tertiary/aromatic N) is 1. The maximum atomic E-state index is 12.2. The van der Waals surface area contributed by atoms with Crippen molar-refractivity contribution in [3.05, 3.63) is 48.0 Å². The van der Waals surface area contributed by atoms with Crippen LogP contribution in [0.3, 0.4) is 0 Å². The Kier molecular flexibility index (Phi) is 7.22. The summed E-state index contributed by atoms with van der Waals surface area (Å²) >= 11 is 0. The molecule has 0 atom stereocenters. The average molecular weight is 362 g/mol. The quantitative estimate of drug-likeness (QED) is 0.872. The summed E-state index contributed by atoms with van der Waals surface area (Å²) in [6.45, 7) is 3.29. The van der Waals surface area contributed by atoms with Crippen molar-refractivity contribution in [2.75, 3.05) is 32.7 Å². The molecular weight excluding hydrogens is 338 g/mol. The number of fused-ring (bicyclic) bond motifs is 1. The van der Waals surface area contributed by atoms with Gasteiger partial charge in [-0.15, -0.1) is 12.4 Å². The highest BCUT2D eigenvalue weighted by Crippen LogP contribution is 2.18. The van der Waals surface area contributed by atoms with Crippen molar-refractivity contribution in [2.45, 2.75) is 12.8 Å². The lowest BCUT2D eigenvalue weighted by Crippen LogP contribution is -2.42. The summed E-state index contributed by atoms with van der Waals surface area (Å²) in [4.78, 5) is 26.2. The molecule has 1 aliphatic rings. The van der Waals surface area contributed by atoms with Crippen LogP contribution in [0.5, 0.6) is 0 Å². The second-order valence-corrected chi connectivity index (χ2v) is 6.08. The molecule has 0 unspecified atom stereocenters. The van der Waals surface area contributed by atoms with E-state index >= 15 is 0 Å². The Bertz CT molecular complexity index is 722. The number of hydrogen-bond donors (Lipinski definition) is 2. The van der Waals surface area contributed by atoms with Gasteiger partial charge in [0.25, 0.3) is 0 Å². The van der Waals surface area contributed by atoms with Gasteiger partial charge in [-0.3, -0.25) is 9.59 Å². The molecule has 2 amide bonds. The molecule has 1 fully saturated rings. The monoisotopic (exact) mass is 361 g/mol. The summed E-state index contributed by atoms with van der Waals surface area (Å²) in [7, 11) is 0. The van der Waals surface area contributed by atoms with Crippen LogP contribution in [0.1, 0.15) is 12.0 Å². The Balaban J connectivity index is 0.00000225. The van der Waals surface area contributed by atoms with Gasteiger partial charge in [0.1, 0.15) is 0 Å². The molecule has 5 nitrogen and oxygen atoms in total. The maximum absolute atomic E-state index is 12.2. The maximum Gasteiger partial charge on any atom is 0.242 e. The second-order valence-electron chi connectivity index (χ2n) is 6.08. The fourth-order valence-corrected chi connectivity index (χ4v) is 3.06. The molecule has 0 saturated carbocycles. The lowest BCUT2D eigenvalue weighted by molar-refractivity contribution is -0.132. The molecule has 1 heterocycles. The summed E-state index contributed by atoms with van der Waals surface area (Å²) in [6.07, 6.45) is 1.24. The number of benzene rings is 2. The van der Waals surface area contributed by atoms with Gasteiger partial charge in [0, 0.05) is 19.6 Å². The predicted molar refractivity (Wildman–Crippen MR) is 102 cm³/mol. The first-order valence-corrected chi connectivity index (χ1v) is 8.46. The molecule has 2 aromatic rings. The average Bonchev–Trinajstić information content (AvgIpc) is 2.89. The first-order chi connectivity index (χ1) is 11.7. The molecule has 0 aliphatic carbocycles. The molecule has 134 valence electrons. The van der Waals surface area contributed by atoms with Crippen molar-refractivity contribution in [1.29, 1.82) is 0 Å². The summed E-state index contributed by atoms with van der Waals surface area (Å²) in [6, 6.07) is 14.0. The molecule has 2 aromatic carbocycles. The fourth-order valence-electron chi connectivity index (χ4n) is 3.06. The van der Waals surface area contributed by atoms with E-state index in [2.05, 4.69) is 10.6 Å². The van der Waals surface area contributed by atoms with Crippen molar-refractivity contribution < 1.29 is 9.59 Å². The van der Waals surface area contributed by atoms with E-state index in [-0.39, 0.29) is 37.2 Å². The summed E-state index contributed by atoms with van der Waals surface area (Å²) in [5.74, 6) is -0.127. The van der Waals surface area contributed by atoms with Crippen LogP contribution >= 0.6 is 12.4 Å². The third-order valence-corrected chi connectivity index (χ3v) is 4.36.